The standard InChI is InChI=1S/C13H19ClN2O2S/c1-9-5-10(2)7-11(6-9)16-19(17,18)13-8-15-4-3-12(13)14/h3-4,8-11,16H,5-7H2,1-2H3. The number of hydrogen-bond donors (Lipinski definition) is 1. The molecule has 2 atom stereocenters. The molecule has 6 heteroatoms. The zero-order chi connectivity index (χ0) is 14.0. The highest BCUT2D eigenvalue weighted by Gasteiger charge is 2.28. The Morgan fingerprint density at radius 2 is 1.89 bits per heavy atom. The van der Waals surface area contributed by atoms with Crippen LogP contribution in [0, 0.1) is 11.8 Å². The van der Waals surface area contributed by atoms with Gasteiger partial charge in [-0.05, 0) is 37.2 Å². The Kier molecular flexibility index (Phi) is 4.48. The predicted octanol–water partition coefficient (Wildman–Crippen LogP) is 2.84. The first-order chi connectivity index (χ1) is 8.88. The Bertz CT molecular complexity index is 537. The first-order valence-electron chi connectivity index (χ1n) is 6.50. The molecule has 4 nitrogen and oxygen atoms in total. The molecule has 0 saturated heterocycles. The van der Waals surface area contributed by atoms with Gasteiger partial charge in [0.1, 0.15) is 4.90 Å². The molecule has 0 amide bonds. The highest BCUT2D eigenvalue weighted by atomic mass is 35.5. The Labute approximate surface area is 119 Å². The smallest absolute Gasteiger partial charge is 0.243 e. The van der Waals surface area contributed by atoms with Gasteiger partial charge in [0.05, 0.1) is 5.02 Å². The molecule has 0 aliphatic heterocycles. The maximum atomic E-state index is 12.3. The van der Waals surface area contributed by atoms with E-state index in [1.807, 2.05) is 0 Å². The number of halogens is 1. The van der Waals surface area contributed by atoms with Crippen molar-refractivity contribution in [2.24, 2.45) is 11.8 Å². The molecule has 1 heterocycles. The van der Waals surface area contributed by atoms with Gasteiger partial charge >= 0.3 is 0 Å². The molecular formula is C13H19ClN2O2S. The molecule has 0 aromatic carbocycles. The lowest BCUT2D eigenvalue weighted by Crippen LogP contribution is -2.40. The fraction of sp³-hybridized carbons (Fsp3) is 0.615. The van der Waals surface area contributed by atoms with E-state index < -0.39 is 10.0 Å². The van der Waals surface area contributed by atoms with Gasteiger partial charge in [-0.1, -0.05) is 25.4 Å². The quantitative estimate of drug-likeness (QED) is 0.934. The average Bonchev–Trinajstić information content (AvgIpc) is 2.26. The van der Waals surface area contributed by atoms with Crippen LogP contribution in [0.2, 0.25) is 5.02 Å². The van der Waals surface area contributed by atoms with Gasteiger partial charge in [-0.3, -0.25) is 4.98 Å². The van der Waals surface area contributed by atoms with Crippen LogP contribution >= 0.6 is 11.6 Å². The number of nitrogens with one attached hydrogen (secondary N) is 1. The second-order valence-electron chi connectivity index (χ2n) is 5.54. The van der Waals surface area contributed by atoms with Gasteiger partial charge in [-0.2, -0.15) is 0 Å². The summed E-state index contributed by atoms with van der Waals surface area (Å²) in [6.07, 6.45) is 5.68. The average molecular weight is 303 g/mol. The van der Waals surface area contributed by atoms with Crippen LogP contribution in [0.25, 0.3) is 0 Å². The van der Waals surface area contributed by atoms with Crippen LogP contribution in [0.15, 0.2) is 23.4 Å². The van der Waals surface area contributed by atoms with Crippen LogP contribution in [0.3, 0.4) is 0 Å². The monoisotopic (exact) mass is 302 g/mol. The van der Waals surface area contributed by atoms with E-state index in [1.165, 1.54) is 18.5 Å². The molecule has 1 fully saturated rings. The molecular weight excluding hydrogens is 284 g/mol. The van der Waals surface area contributed by atoms with E-state index in [0.29, 0.717) is 11.8 Å². The fourth-order valence-electron chi connectivity index (χ4n) is 2.89. The van der Waals surface area contributed by atoms with E-state index in [0.717, 1.165) is 19.3 Å². The minimum Gasteiger partial charge on any atom is -0.263 e. The highest BCUT2D eigenvalue weighted by molar-refractivity contribution is 7.89. The summed E-state index contributed by atoms with van der Waals surface area (Å²) in [4.78, 5) is 3.89. The number of sulfonamides is 1. The van der Waals surface area contributed by atoms with Crippen molar-refractivity contribution in [2.75, 3.05) is 0 Å². The van der Waals surface area contributed by atoms with Crippen LogP contribution < -0.4 is 4.72 Å². The maximum Gasteiger partial charge on any atom is 0.243 e. The van der Waals surface area contributed by atoms with Gasteiger partial charge in [0, 0.05) is 18.4 Å². The number of nitrogens with zero attached hydrogens (tertiary/aromatic N) is 1. The van der Waals surface area contributed by atoms with Gasteiger partial charge in [0.2, 0.25) is 10.0 Å². The SMILES string of the molecule is CC1CC(C)CC(NS(=O)(=O)c2cnccc2Cl)C1. The van der Waals surface area contributed by atoms with Crippen LogP contribution in [-0.4, -0.2) is 19.4 Å². The Balaban J connectivity index is 2.16. The number of hydrogen-bond acceptors (Lipinski definition) is 3. The van der Waals surface area contributed by atoms with Gasteiger partial charge in [-0.15, -0.1) is 0 Å². The molecule has 1 aromatic heterocycles. The Morgan fingerprint density at radius 1 is 1.26 bits per heavy atom. The van der Waals surface area contributed by atoms with Crippen molar-refractivity contribution in [2.45, 2.75) is 44.0 Å². The molecule has 1 aromatic rings. The summed E-state index contributed by atoms with van der Waals surface area (Å²) in [7, 11) is -3.58. The maximum absolute atomic E-state index is 12.3. The lowest BCUT2D eigenvalue weighted by Gasteiger charge is -2.31. The number of pyridine rings is 1. The molecule has 1 N–H and O–H groups in total. The van der Waals surface area contributed by atoms with Crippen molar-refractivity contribution in [1.29, 1.82) is 0 Å². The van der Waals surface area contributed by atoms with E-state index in [4.69, 9.17) is 11.6 Å². The zero-order valence-corrected chi connectivity index (χ0v) is 12.7. The lowest BCUT2D eigenvalue weighted by molar-refractivity contribution is 0.257. The largest absolute Gasteiger partial charge is 0.263 e. The van der Waals surface area contributed by atoms with Crippen molar-refractivity contribution in [3.63, 3.8) is 0 Å². The Morgan fingerprint density at radius 3 is 2.47 bits per heavy atom. The minimum absolute atomic E-state index is 0.0139. The van der Waals surface area contributed by atoms with Crippen molar-refractivity contribution < 1.29 is 8.42 Å². The summed E-state index contributed by atoms with van der Waals surface area (Å²) in [6.45, 7) is 4.32. The summed E-state index contributed by atoms with van der Waals surface area (Å²) in [5, 5.41) is 0.208. The second kappa shape index (κ2) is 5.77. The van der Waals surface area contributed by atoms with E-state index in [1.54, 1.807) is 0 Å². The molecule has 1 saturated carbocycles. The molecule has 1 aliphatic rings. The second-order valence-corrected chi connectivity index (χ2v) is 7.63. The molecule has 0 spiro atoms. The van der Waals surface area contributed by atoms with Crippen LogP contribution in [0.5, 0.6) is 0 Å². The number of rotatable bonds is 3. The highest BCUT2D eigenvalue weighted by Crippen LogP contribution is 2.30. The molecule has 0 radical (unpaired) electrons. The van der Waals surface area contributed by atoms with Crippen molar-refractivity contribution in [1.82, 2.24) is 9.71 Å². The van der Waals surface area contributed by atoms with Crippen LogP contribution in [0.4, 0.5) is 0 Å². The summed E-state index contributed by atoms with van der Waals surface area (Å²) in [5.41, 5.74) is 0. The number of aromatic nitrogens is 1. The minimum atomic E-state index is -3.58. The Hall–Kier alpha value is -0.650. The molecule has 19 heavy (non-hydrogen) atoms. The van der Waals surface area contributed by atoms with Crippen molar-refractivity contribution >= 4 is 21.6 Å². The van der Waals surface area contributed by atoms with E-state index in [9.17, 15) is 8.42 Å². The summed E-state index contributed by atoms with van der Waals surface area (Å²) < 4.78 is 27.4. The van der Waals surface area contributed by atoms with Gasteiger partial charge in [0.15, 0.2) is 0 Å². The van der Waals surface area contributed by atoms with Gasteiger partial charge in [-0.25, -0.2) is 13.1 Å². The first-order valence-corrected chi connectivity index (χ1v) is 8.36. The molecule has 2 unspecified atom stereocenters. The molecule has 1 aliphatic carbocycles. The molecule has 0 bridgehead atoms. The van der Waals surface area contributed by atoms with E-state index in [2.05, 4.69) is 23.6 Å². The molecule has 106 valence electrons. The van der Waals surface area contributed by atoms with Gasteiger partial charge in [0.25, 0.3) is 0 Å². The third-order valence-electron chi connectivity index (χ3n) is 3.52. The fourth-order valence-corrected chi connectivity index (χ4v) is 4.58. The topological polar surface area (TPSA) is 59.1 Å². The molecule has 2 rings (SSSR count). The van der Waals surface area contributed by atoms with E-state index >= 15 is 0 Å². The first kappa shape index (κ1) is 14.8. The van der Waals surface area contributed by atoms with Crippen molar-refractivity contribution in [3.8, 4) is 0 Å². The lowest BCUT2D eigenvalue weighted by atomic mass is 9.81. The zero-order valence-electron chi connectivity index (χ0n) is 11.1. The normalized spacial score (nSPS) is 28.3. The predicted molar refractivity (Wildman–Crippen MR) is 75.5 cm³/mol. The third kappa shape index (κ3) is 3.68. The van der Waals surface area contributed by atoms with E-state index in [-0.39, 0.29) is 16.0 Å². The summed E-state index contributed by atoms with van der Waals surface area (Å²) in [5.74, 6) is 1.08. The van der Waals surface area contributed by atoms with Gasteiger partial charge < -0.3 is 0 Å². The summed E-state index contributed by atoms with van der Waals surface area (Å²) in [6, 6.07) is 1.47. The van der Waals surface area contributed by atoms with Crippen molar-refractivity contribution in [3.05, 3.63) is 23.5 Å². The summed E-state index contributed by atoms with van der Waals surface area (Å²) >= 11 is 5.92. The van der Waals surface area contributed by atoms with Crippen LogP contribution in [0.1, 0.15) is 33.1 Å². The third-order valence-corrected chi connectivity index (χ3v) is 5.51. The van der Waals surface area contributed by atoms with Crippen LogP contribution in [-0.2, 0) is 10.0 Å².